The molecule has 1 aromatic rings. The summed E-state index contributed by atoms with van der Waals surface area (Å²) in [4.78, 5) is 13.6. The molecule has 5 heteroatoms. The molecule has 2 atom stereocenters. The molecule has 0 aliphatic carbocycles. The number of hydrogen-bond donors (Lipinski definition) is 2. The van der Waals surface area contributed by atoms with E-state index in [2.05, 4.69) is 0 Å². The summed E-state index contributed by atoms with van der Waals surface area (Å²) in [5.41, 5.74) is 5.38. The van der Waals surface area contributed by atoms with E-state index in [4.69, 9.17) is 10.5 Å². The zero-order valence-electron chi connectivity index (χ0n) is 11.8. The molecule has 1 aliphatic rings. The van der Waals surface area contributed by atoms with Crippen LogP contribution in [0.15, 0.2) is 30.3 Å². The minimum atomic E-state index is -1.39. The largest absolute Gasteiger partial charge is 0.480 e. The molecule has 1 saturated heterocycles. The Morgan fingerprint density at radius 3 is 2.75 bits per heavy atom. The molecule has 0 bridgehead atoms. The highest BCUT2D eigenvalue weighted by Crippen LogP contribution is 2.21. The second kappa shape index (κ2) is 6.35. The van der Waals surface area contributed by atoms with E-state index < -0.39 is 11.5 Å². The van der Waals surface area contributed by atoms with Crippen LogP contribution in [0.1, 0.15) is 18.4 Å². The van der Waals surface area contributed by atoms with Crippen LogP contribution in [0.4, 0.5) is 0 Å². The monoisotopic (exact) mass is 278 g/mol. The first-order valence-electron chi connectivity index (χ1n) is 6.90. The van der Waals surface area contributed by atoms with Gasteiger partial charge in [0, 0.05) is 19.7 Å². The van der Waals surface area contributed by atoms with Crippen molar-refractivity contribution >= 4 is 5.97 Å². The number of nitrogens with zero attached hydrogens (tertiary/aromatic N) is 1. The topological polar surface area (TPSA) is 75.8 Å². The molecule has 20 heavy (non-hydrogen) atoms. The van der Waals surface area contributed by atoms with Crippen LogP contribution < -0.4 is 5.73 Å². The maximum atomic E-state index is 11.6. The van der Waals surface area contributed by atoms with Crippen LogP contribution in [0.5, 0.6) is 0 Å². The van der Waals surface area contributed by atoms with Gasteiger partial charge in [0.15, 0.2) is 5.54 Å². The Hall–Kier alpha value is -1.43. The van der Waals surface area contributed by atoms with Gasteiger partial charge in [0.25, 0.3) is 0 Å². The Bertz CT molecular complexity index is 446. The summed E-state index contributed by atoms with van der Waals surface area (Å²) >= 11 is 0. The first kappa shape index (κ1) is 15.0. The van der Waals surface area contributed by atoms with Crippen molar-refractivity contribution in [3.63, 3.8) is 0 Å². The second-order valence-corrected chi connectivity index (χ2v) is 5.47. The molecule has 1 aliphatic heterocycles. The van der Waals surface area contributed by atoms with Crippen LogP contribution in [0.2, 0.25) is 0 Å². The first-order valence-corrected chi connectivity index (χ1v) is 6.90. The molecule has 1 heterocycles. The molecule has 0 aromatic heterocycles. The van der Waals surface area contributed by atoms with Crippen LogP contribution in [0.3, 0.4) is 0 Å². The average Bonchev–Trinajstić information content (AvgIpc) is 2.92. The van der Waals surface area contributed by atoms with Crippen LogP contribution in [-0.2, 0) is 15.1 Å². The maximum absolute atomic E-state index is 11.6. The zero-order valence-corrected chi connectivity index (χ0v) is 11.8. The van der Waals surface area contributed by atoms with Gasteiger partial charge in [0.1, 0.15) is 0 Å². The van der Waals surface area contributed by atoms with Gasteiger partial charge in [0.2, 0.25) is 0 Å². The van der Waals surface area contributed by atoms with E-state index in [1.165, 1.54) is 0 Å². The second-order valence-electron chi connectivity index (χ2n) is 5.47. The van der Waals surface area contributed by atoms with Gasteiger partial charge in [-0.05, 0) is 25.5 Å². The molecule has 1 fully saturated rings. The van der Waals surface area contributed by atoms with Gasteiger partial charge in [-0.2, -0.15) is 0 Å². The molecule has 110 valence electrons. The summed E-state index contributed by atoms with van der Waals surface area (Å²) in [6, 6.07) is 8.98. The zero-order chi connectivity index (χ0) is 14.6. The number of hydrogen-bond acceptors (Lipinski definition) is 4. The van der Waals surface area contributed by atoms with Gasteiger partial charge in [-0.15, -0.1) is 0 Å². The summed E-state index contributed by atoms with van der Waals surface area (Å²) in [6.45, 7) is 1.76. The number of benzene rings is 1. The maximum Gasteiger partial charge on any atom is 0.329 e. The number of rotatable bonds is 6. The fourth-order valence-corrected chi connectivity index (χ4v) is 2.64. The lowest BCUT2D eigenvalue weighted by molar-refractivity contribution is -0.144. The van der Waals surface area contributed by atoms with Crippen molar-refractivity contribution in [2.45, 2.75) is 24.5 Å². The van der Waals surface area contributed by atoms with Gasteiger partial charge in [-0.25, -0.2) is 4.79 Å². The molecular formula is C15H22N2O3. The van der Waals surface area contributed by atoms with E-state index in [1.807, 2.05) is 18.0 Å². The van der Waals surface area contributed by atoms with Gasteiger partial charge in [-0.3, -0.25) is 0 Å². The summed E-state index contributed by atoms with van der Waals surface area (Å²) in [5, 5.41) is 9.51. The predicted octanol–water partition coefficient (Wildman–Crippen LogP) is 1.04. The quantitative estimate of drug-likeness (QED) is 0.813. The summed E-state index contributed by atoms with van der Waals surface area (Å²) < 4.78 is 5.57. The molecule has 0 amide bonds. The molecule has 0 saturated carbocycles. The average molecular weight is 278 g/mol. The molecule has 0 spiro atoms. The van der Waals surface area contributed by atoms with Gasteiger partial charge in [-0.1, -0.05) is 30.3 Å². The summed E-state index contributed by atoms with van der Waals surface area (Å²) in [5.74, 6) is -1.01. The lowest BCUT2D eigenvalue weighted by atomic mass is 9.90. The van der Waals surface area contributed by atoms with Crippen molar-refractivity contribution in [1.29, 1.82) is 0 Å². The van der Waals surface area contributed by atoms with Gasteiger partial charge in [0.05, 0.1) is 6.10 Å². The lowest BCUT2D eigenvalue weighted by Crippen LogP contribution is -2.53. The predicted molar refractivity (Wildman–Crippen MR) is 76.4 cm³/mol. The molecular weight excluding hydrogens is 256 g/mol. The number of carbonyl (C=O) groups is 1. The molecule has 5 nitrogen and oxygen atoms in total. The number of carboxylic acid groups (broad SMARTS) is 1. The fraction of sp³-hybridized carbons (Fsp3) is 0.533. The highest BCUT2D eigenvalue weighted by atomic mass is 16.5. The fourth-order valence-electron chi connectivity index (χ4n) is 2.64. The Balaban J connectivity index is 2.07. The Morgan fingerprint density at radius 1 is 1.50 bits per heavy atom. The van der Waals surface area contributed by atoms with Crippen molar-refractivity contribution in [2.24, 2.45) is 5.73 Å². The third-order valence-corrected chi connectivity index (χ3v) is 3.73. The third-order valence-electron chi connectivity index (χ3n) is 3.73. The summed E-state index contributed by atoms with van der Waals surface area (Å²) in [6.07, 6.45) is 2.29. The van der Waals surface area contributed by atoms with Crippen molar-refractivity contribution in [1.82, 2.24) is 4.90 Å². The van der Waals surface area contributed by atoms with E-state index in [9.17, 15) is 9.90 Å². The third kappa shape index (κ3) is 3.36. The number of likely N-dealkylation sites (N-methyl/N-ethyl adjacent to an activating group) is 1. The Labute approximate surface area is 119 Å². The van der Waals surface area contributed by atoms with Crippen LogP contribution in [-0.4, -0.2) is 48.8 Å². The Kier molecular flexibility index (Phi) is 4.75. The lowest BCUT2D eigenvalue weighted by Gasteiger charge is -2.31. The van der Waals surface area contributed by atoms with E-state index >= 15 is 0 Å². The molecule has 1 aromatic carbocycles. The molecule has 2 rings (SSSR count). The smallest absolute Gasteiger partial charge is 0.329 e. The van der Waals surface area contributed by atoms with Crippen molar-refractivity contribution in [3.05, 3.63) is 35.9 Å². The number of carboxylic acids is 1. The minimum absolute atomic E-state index is 0.189. The van der Waals surface area contributed by atoms with Crippen LogP contribution in [0, 0.1) is 0 Å². The number of ether oxygens (including phenoxy) is 1. The number of nitrogens with two attached hydrogens (primary N) is 1. The van der Waals surface area contributed by atoms with Gasteiger partial charge < -0.3 is 20.5 Å². The van der Waals surface area contributed by atoms with Crippen LogP contribution in [0.25, 0.3) is 0 Å². The van der Waals surface area contributed by atoms with Crippen molar-refractivity contribution in [2.75, 3.05) is 26.7 Å². The summed E-state index contributed by atoms with van der Waals surface area (Å²) in [7, 11) is 1.88. The molecule has 3 N–H and O–H groups in total. The van der Waals surface area contributed by atoms with E-state index in [-0.39, 0.29) is 12.6 Å². The first-order chi connectivity index (χ1) is 9.52. The molecule has 2 unspecified atom stereocenters. The van der Waals surface area contributed by atoms with E-state index in [0.29, 0.717) is 12.1 Å². The minimum Gasteiger partial charge on any atom is -0.480 e. The Morgan fingerprint density at radius 2 is 2.20 bits per heavy atom. The standard InChI is InChI=1S/C15H22N2O3/c1-17(10-13-8-5-9-20-13)11-15(16,14(18)19)12-6-3-2-4-7-12/h2-4,6-7,13H,5,8-11,16H2,1H3,(H,18,19). The van der Waals surface area contributed by atoms with Crippen molar-refractivity contribution < 1.29 is 14.6 Å². The highest BCUT2D eigenvalue weighted by molar-refractivity contribution is 5.80. The molecule has 0 radical (unpaired) electrons. The number of aliphatic carboxylic acids is 1. The van der Waals surface area contributed by atoms with Crippen molar-refractivity contribution in [3.8, 4) is 0 Å². The van der Waals surface area contributed by atoms with Crippen LogP contribution >= 0.6 is 0 Å². The van der Waals surface area contributed by atoms with E-state index in [1.54, 1.807) is 24.3 Å². The normalized spacial score (nSPS) is 21.9. The SMILES string of the molecule is CN(CC1CCCO1)CC(N)(C(=O)O)c1ccccc1. The highest BCUT2D eigenvalue weighted by Gasteiger charge is 2.37. The van der Waals surface area contributed by atoms with Gasteiger partial charge >= 0.3 is 5.97 Å². The van der Waals surface area contributed by atoms with E-state index in [0.717, 1.165) is 19.4 Å².